The van der Waals surface area contributed by atoms with E-state index in [9.17, 15) is 14.9 Å². The Labute approximate surface area is 193 Å². The molecule has 1 aromatic heterocycles. The van der Waals surface area contributed by atoms with Gasteiger partial charge in [0.05, 0.1) is 17.1 Å². The van der Waals surface area contributed by atoms with Crippen LogP contribution in [-0.2, 0) is 29.3 Å². The van der Waals surface area contributed by atoms with Gasteiger partial charge in [-0.05, 0) is 18.2 Å². The van der Waals surface area contributed by atoms with Gasteiger partial charge < -0.3 is 23.4 Å². The predicted molar refractivity (Wildman–Crippen MR) is 119 cm³/mol. The van der Waals surface area contributed by atoms with E-state index in [0.29, 0.717) is 33.8 Å². The van der Waals surface area contributed by atoms with Crippen LogP contribution in [0.3, 0.4) is 0 Å². The first-order valence-electron chi connectivity index (χ1n) is 10.5. The maximum absolute atomic E-state index is 13.0. The molecule has 0 spiro atoms. The van der Waals surface area contributed by atoms with Gasteiger partial charge in [-0.3, -0.25) is 10.1 Å². The average molecular weight is 461 g/mol. The Balaban J connectivity index is 1.41. The van der Waals surface area contributed by atoms with Crippen molar-refractivity contribution in [3.63, 3.8) is 0 Å². The SMILES string of the molecule is O=C(OCc1cc([N+](=O)[O-])cc2c1OCOC2)c1oc2ccccc2c1COc1ccccc1. The molecule has 0 atom stereocenters. The van der Waals surface area contributed by atoms with Gasteiger partial charge in [-0.25, -0.2) is 4.79 Å². The molecule has 0 bridgehead atoms. The smallest absolute Gasteiger partial charge is 0.375 e. The molecule has 2 heterocycles. The fraction of sp³-hybridized carbons (Fsp3) is 0.160. The second kappa shape index (κ2) is 9.24. The van der Waals surface area contributed by atoms with Crippen molar-refractivity contribution >= 4 is 22.6 Å². The first kappa shape index (κ1) is 21.5. The van der Waals surface area contributed by atoms with Crippen LogP contribution in [0.2, 0.25) is 0 Å². The molecule has 9 nitrogen and oxygen atoms in total. The molecule has 0 saturated carbocycles. The highest BCUT2D eigenvalue weighted by Crippen LogP contribution is 2.34. The summed E-state index contributed by atoms with van der Waals surface area (Å²) >= 11 is 0. The van der Waals surface area contributed by atoms with E-state index in [2.05, 4.69) is 0 Å². The molecule has 0 saturated heterocycles. The third kappa shape index (κ3) is 4.28. The molecule has 9 heteroatoms. The lowest BCUT2D eigenvalue weighted by Gasteiger charge is -2.20. The molecule has 4 aromatic rings. The normalized spacial score (nSPS) is 12.6. The third-order valence-corrected chi connectivity index (χ3v) is 5.35. The minimum absolute atomic E-state index is 0.0102. The van der Waals surface area contributed by atoms with Crippen LogP contribution in [0, 0.1) is 10.1 Å². The summed E-state index contributed by atoms with van der Waals surface area (Å²) in [5, 5.41) is 12.1. The van der Waals surface area contributed by atoms with E-state index in [4.69, 9.17) is 23.4 Å². The van der Waals surface area contributed by atoms with Crippen molar-refractivity contribution in [3.8, 4) is 11.5 Å². The van der Waals surface area contributed by atoms with E-state index in [1.54, 1.807) is 12.1 Å². The Morgan fingerprint density at radius 2 is 1.82 bits per heavy atom. The fourth-order valence-electron chi connectivity index (χ4n) is 3.78. The summed E-state index contributed by atoms with van der Waals surface area (Å²) < 4.78 is 27.9. The molecule has 3 aromatic carbocycles. The number of carbonyl (C=O) groups excluding carboxylic acids is 1. The molecule has 5 rings (SSSR count). The van der Waals surface area contributed by atoms with Crippen molar-refractivity contribution in [1.82, 2.24) is 0 Å². The molecule has 0 unspecified atom stereocenters. The number of non-ortho nitro benzene ring substituents is 1. The van der Waals surface area contributed by atoms with Gasteiger partial charge in [-0.2, -0.15) is 0 Å². The van der Waals surface area contributed by atoms with E-state index < -0.39 is 10.9 Å². The summed E-state index contributed by atoms with van der Waals surface area (Å²) in [6.07, 6.45) is 0. The Morgan fingerprint density at radius 1 is 1.03 bits per heavy atom. The molecule has 0 fully saturated rings. The van der Waals surface area contributed by atoms with Crippen LogP contribution < -0.4 is 9.47 Å². The number of esters is 1. The summed E-state index contributed by atoms with van der Waals surface area (Å²) in [6.45, 7) is 0.0375. The first-order chi connectivity index (χ1) is 16.6. The maximum Gasteiger partial charge on any atom is 0.375 e. The van der Waals surface area contributed by atoms with Crippen molar-refractivity contribution in [3.05, 3.63) is 99.3 Å². The van der Waals surface area contributed by atoms with E-state index in [1.807, 2.05) is 42.5 Å². The summed E-state index contributed by atoms with van der Waals surface area (Å²) in [4.78, 5) is 23.8. The highest BCUT2D eigenvalue weighted by atomic mass is 16.7. The number of nitro groups is 1. The molecule has 0 N–H and O–H groups in total. The number of nitrogens with zero attached hydrogens (tertiary/aromatic N) is 1. The van der Waals surface area contributed by atoms with Gasteiger partial charge in [0.2, 0.25) is 5.76 Å². The van der Waals surface area contributed by atoms with Gasteiger partial charge in [0.25, 0.3) is 5.69 Å². The molecule has 0 amide bonds. The van der Waals surface area contributed by atoms with Crippen LogP contribution in [0.15, 0.2) is 71.1 Å². The minimum atomic E-state index is -0.713. The van der Waals surface area contributed by atoms with Crippen molar-refractivity contribution in [1.29, 1.82) is 0 Å². The maximum atomic E-state index is 13.0. The van der Waals surface area contributed by atoms with Gasteiger partial charge in [-0.15, -0.1) is 0 Å². The molecular formula is C25H19NO8. The van der Waals surface area contributed by atoms with Crippen molar-refractivity contribution in [2.24, 2.45) is 0 Å². The number of hydrogen-bond donors (Lipinski definition) is 0. The number of carbonyl (C=O) groups is 1. The van der Waals surface area contributed by atoms with Crippen LogP contribution in [0.4, 0.5) is 5.69 Å². The Hall–Kier alpha value is -4.37. The summed E-state index contributed by atoms with van der Waals surface area (Å²) in [5.74, 6) is 0.368. The number of nitro benzene ring substituents is 1. The van der Waals surface area contributed by atoms with E-state index in [-0.39, 0.29) is 38.1 Å². The van der Waals surface area contributed by atoms with Crippen molar-refractivity contribution < 1.29 is 33.1 Å². The monoisotopic (exact) mass is 461 g/mol. The highest BCUT2D eigenvalue weighted by Gasteiger charge is 2.25. The van der Waals surface area contributed by atoms with Gasteiger partial charge in [-0.1, -0.05) is 36.4 Å². The molecular weight excluding hydrogens is 442 g/mol. The Bertz CT molecular complexity index is 1360. The molecule has 1 aliphatic heterocycles. The molecule has 0 radical (unpaired) electrons. The Kier molecular flexibility index (Phi) is 5.84. The Morgan fingerprint density at radius 3 is 2.65 bits per heavy atom. The lowest BCUT2D eigenvalue weighted by molar-refractivity contribution is -0.385. The van der Waals surface area contributed by atoms with Gasteiger partial charge in [0.1, 0.15) is 30.3 Å². The van der Waals surface area contributed by atoms with E-state index >= 15 is 0 Å². The number of para-hydroxylation sites is 2. The highest BCUT2D eigenvalue weighted by molar-refractivity contribution is 5.96. The predicted octanol–water partition coefficient (Wildman–Crippen LogP) is 5.14. The lowest BCUT2D eigenvalue weighted by atomic mass is 10.1. The number of benzene rings is 3. The second-order valence-electron chi connectivity index (χ2n) is 7.54. The number of rotatable bonds is 7. The largest absolute Gasteiger partial charge is 0.489 e. The topological polar surface area (TPSA) is 110 Å². The molecule has 172 valence electrons. The molecule has 0 aliphatic carbocycles. The summed E-state index contributed by atoms with van der Waals surface area (Å²) in [5.41, 5.74) is 1.83. The molecule has 34 heavy (non-hydrogen) atoms. The second-order valence-corrected chi connectivity index (χ2v) is 7.54. The van der Waals surface area contributed by atoms with Crippen LogP contribution in [0.1, 0.15) is 27.2 Å². The number of ether oxygens (including phenoxy) is 4. The van der Waals surface area contributed by atoms with Crippen molar-refractivity contribution in [2.45, 2.75) is 19.8 Å². The fourth-order valence-corrected chi connectivity index (χ4v) is 3.78. The number of hydrogen-bond acceptors (Lipinski definition) is 8. The molecule has 1 aliphatic rings. The third-order valence-electron chi connectivity index (χ3n) is 5.35. The number of furan rings is 1. The zero-order chi connectivity index (χ0) is 23.5. The van der Waals surface area contributed by atoms with Gasteiger partial charge in [0, 0.05) is 28.6 Å². The van der Waals surface area contributed by atoms with Crippen molar-refractivity contribution in [2.75, 3.05) is 6.79 Å². The van der Waals surface area contributed by atoms with E-state index in [0.717, 1.165) is 5.39 Å². The summed E-state index contributed by atoms with van der Waals surface area (Å²) in [6, 6.07) is 19.2. The zero-order valence-electron chi connectivity index (χ0n) is 17.9. The van der Waals surface area contributed by atoms with Crippen LogP contribution >= 0.6 is 0 Å². The van der Waals surface area contributed by atoms with Gasteiger partial charge in [0.15, 0.2) is 6.79 Å². The minimum Gasteiger partial charge on any atom is -0.489 e. The average Bonchev–Trinajstić information content (AvgIpc) is 3.25. The van der Waals surface area contributed by atoms with Gasteiger partial charge >= 0.3 is 5.97 Å². The van der Waals surface area contributed by atoms with E-state index in [1.165, 1.54) is 12.1 Å². The quantitative estimate of drug-likeness (QED) is 0.211. The number of fused-ring (bicyclic) bond motifs is 2. The van der Waals surface area contributed by atoms with Crippen LogP contribution in [0.25, 0.3) is 11.0 Å². The standard InChI is InChI=1S/C25H19NO8/c27-25(32-13-17-11-18(26(28)29)10-16-12-30-15-33-23(16)17)24-21(14-31-19-6-2-1-3-7-19)20-8-4-5-9-22(20)34-24/h1-11H,12-15H2. The van der Waals surface area contributed by atoms with Crippen LogP contribution in [0.5, 0.6) is 11.5 Å². The van der Waals surface area contributed by atoms with Crippen LogP contribution in [-0.4, -0.2) is 17.7 Å². The summed E-state index contributed by atoms with van der Waals surface area (Å²) in [7, 11) is 0. The lowest BCUT2D eigenvalue weighted by Crippen LogP contribution is -2.15. The zero-order valence-corrected chi connectivity index (χ0v) is 17.9. The first-order valence-corrected chi connectivity index (χ1v) is 10.5.